The summed E-state index contributed by atoms with van der Waals surface area (Å²) in [5, 5.41) is 15.9. The van der Waals surface area contributed by atoms with Crippen molar-refractivity contribution in [3.63, 3.8) is 0 Å². The van der Waals surface area contributed by atoms with E-state index in [2.05, 4.69) is 20.5 Å². The van der Waals surface area contributed by atoms with Crippen LogP contribution in [0.4, 0.5) is 10.6 Å². The van der Waals surface area contributed by atoms with Crippen molar-refractivity contribution in [2.45, 2.75) is 25.0 Å². The summed E-state index contributed by atoms with van der Waals surface area (Å²) in [5.41, 5.74) is 0.867. The van der Waals surface area contributed by atoms with E-state index in [1.807, 2.05) is 48.5 Å². The molecule has 1 aromatic carbocycles. The summed E-state index contributed by atoms with van der Waals surface area (Å²) in [6, 6.07) is 15.2. The molecule has 1 aliphatic heterocycles. The molecule has 0 aliphatic carbocycles. The van der Waals surface area contributed by atoms with E-state index in [-0.39, 0.29) is 12.1 Å². The van der Waals surface area contributed by atoms with Crippen molar-refractivity contribution in [3.05, 3.63) is 60.3 Å². The lowest BCUT2D eigenvalue weighted by molar-refractivity contribution is 0.166. The van der Waals surface area contributed by atoms with Gasteiger partial charge in [0.05, 0.1) is 6.10 Å². The lowest BCUT2D eigenvalue weighted by atomic mass is 10.1. The minimum Gasteiger partial charge on any atom is -0.388 e. The fraction of sp³-hybridized carbons (Fsp3) is 0.368. The van der Waals surface area contributed by atoms with Crippen LogP contribution in [-0.4, -0.2) is 41.8 Å². The Balaban J connectivity index is 1.37. The summed E-state index contributed by atoms with van der Waals surface area (Å²) in [6.45, 7) is 2.07. The summed E-state index contributed by atoms with van der Waals surface area (Å²) < 4.78 is 0. The number of hydrogen-bond donors (Lipinski definition) is 3. The molecular weight excluding hydrogens is 316 g/mol. The minimum atomic E-state index is -0.562. The highest BCUT2D eigenvalue weighted by Crippen LogP contribution is 2.17. The molecule has 2 heterocycles. The molecule has 0 spiro atoms. The van der Waals surface area contributed by atoms with Crippen LogP contribution in [0.3, 0.4) is 0 Å². The molecule has 1 aliphatic rings. The van der Waals surface area contributed by atoms with Crippen molar-refractivity contribution in [1.29, 1.82) is 0 Å². The number of rotatable bonds is 6. The minimum absolute atomic E-state index is 0.112. The molecular formula is C19H24N4O2. The standard InChI is InChI=1S/C19H24N4O2/c24-17(15-6-2-1-3-7-15)9-12-21-19(25)22-16-10-13-23(14-16)18-8-4-5-11-20-18/h1-8,11,16-17,24H,9-10,12-14H2,(H2,21,22,25). The molecule has 3 rings (SSSR count). The number of amides is 2. The van der Waals surface area contributed by atoms with Crippen LogP contribution < -0.4 is 15.5 Å². The first kappa shape index (κ1) is 17.2. The Morgan fingerprint density at radius 1 is 1.24 bits per heavy atom. The van der Waals surface area contributed by atoms with Gasteiger partial charge >= 0.3 is 6.03 Å². The SMILES string of the molecule is O=C(NCCC(O)c1ccccc1)NC1CCN(c2ccccn2)C1. The second kappa shape index (κ2) is 8.48. The molecule has 6 nitrogen and oxygen atoms in total. The first-order valence-electron chi connectivity index (χ1n) is 8.66. The number of carbonyl (C=O) groups excluding carboxylic acids is 1. The van der Waals surface area contributed by atoms with Gasteiger partial charge in [-0.1, -0.05) is 36.4 Å². The Morgan fingerprint density at radius 2 is 2.04 bits per heavy atom. The average molecular weight is 340 g/mol. The average Bonchev–Trinajstić information content (AvgIpc) is 3.11. The maximum Gasteiger partial charge on any atom is 0.315 e. The highest BCUT2D eigenvalue weighted by molar-refractivity contribution is 5.74. The largest absolute Gasteiger partial charge is 0.388 e. The highest BCUT2D eigenvalue weighted by Gasteiger charge is 2.24. The normalized spacial score (nSPS) is 18.0. The quantitative estimate of drug-likeness (QED) is 0.752. The van der Waals surface area contributed by atoms with Gasteiger partial charge in [0.1, 0.15) is 5.82 Å². The number of carbonyl (C=O) groups is 1. The van der Waals surface area contributed by atoms with Gasteiger partial charge in [-0.2, -0.15) is 0 Å². The molecule has 6 heteroatoms. The fourth-order valence-electron chi connectivity index (χ4n) is 3.03. The second-order valence-electron chi connectivity index (χ2n) is 6.23. The van der Waals surface area contributed by atoms with Crippen molar-refractivity contribution < 1.29 is 9.90 Å². The molecule has 2 amide bonds. The molecule has 2 unspecified atom stereocenters. The van der Waals surface area contributed by atoms with Crippen LogP contribution in [0.15, 0.2) is 54.7 Å². The third kappa shape index (κ3) is 4.93. The molecule has 2 aromatic rings. The number of aromatic nitrogens is 1. The molecule has 25 heavy (non-hydrogen) atoms. The number of aliphatic hydroxyl groups excluding tert-OH is 1. The smallest absolute Gasteiger partial charge is 0.315 e. The van der Waals surface area contributed by atoms with Crippen LogP contribution in [0.5, 0.6) is 0 Å². The van der Waals surface area contributed by atoms with Gasteiger partial charge in [-0.05, 0) is 30.5 Å². The zero-order valence-electron chi connectivity index (χ0n) is 14.1. The number of nitrogens with one attached hydrogen (secondary N) is 2. The zero-order chi connectivity index (χ0) is 17.5. The van der Waals surface area contributed by atoms with Gasteiger partial charge < -0.3 is 20.6 Å². The van der Waals surface area contributed by atoms with Gasteiger partial charge in [0.25, 0.3) is 0 Å². The van der Waals surface area contributed by atoms with Crippen LogP contribution >= 0.6 is 0 Å². The van der Waals surface area contributed by atoms with E-state index in [0.717, 1.165) is 30.9 Å². The number of urea groups is 1. The summed E-state index contributed by atoms with van der Waals surface area (Å²) in [7, 11) is 0. The van der Waals surface area contributed by atoms with E-state index in [4.69, 9.17) is 0 Å². The molecule has 3 N–H and O–H groups in total. The second-order valence-corrected chi connectivity index (χ2v) is 6.23. The topological polar surface area (TPSA) is 77.5 Å². The molecule has 1 aromatic heterocycles. The van der Waals surface area contributed by atoms with Crippen LogP contribution in [0, 0.1) is 0 Å². The number of nitrogens with zero attached hydrogens (tertiary/aromatic N) is 2. The van der Waals surface area contributed by atoms with Gasteiger partial charge in [0, 0.05) is 31.9 Å². The molecule has 0 saturated carbocycles. The van der Waals surface area contributed by atoms with Gasteiger partial charge in [0.15, 0.2) is 0 Å². The molecule has 2 atom stereocenters. The van der Waals surface area contributed by atoms with Crippen LogP contribution in [-0.2, 0) is 0 Å². The molecule has 132 valence electrons. The van der Waals surface area contributed by atoms with E-state index in [1.165, 1.54) is 0 Å². The van der Waals surface area contributed by atoms with Crippen molar-refractivity contribution >= 4 is 11.8 Å². The van der Waals surface area contributed by atoms with E-state index in [1.54, 1.807) is 6.20 Å². The molecule has 0 bridgehead atoms. The van der Waals surface area contributed by atoms with E-state index < -0.39 is 6.10 Å². The van der Waals surface area contributed by atoms with Gasteiger partial charge in [-0.25, -0.2) is 9.78 Å². The van der Waals surface area contributed by atoms with Crippen molar-refractivity contribution in [3.8, 4) is 0 Å². The fourth-order valence-corrected chi connectivity index (χ4v) is 3.03. The van der Waals surface area contributed by atoms with E-state index in [9.17, 15) is 9.90 Å². The van der Waals surface area contributed by atoms with Crippen LogP contribution in [0.1, 0.15) is 24.5 Å². The number of anilines is 1. The highest BCUT2D eigenvalue weighted by atomic mass is 16.3. The van der Waals surface area contributed by atoms with E-state index in [0.29, 0.717) is 13.0 Å². The monoisotopic (exact) mass is 340 g/mol. The molecule has 0 radical (unpaired) electrons. The lowest BCUT2D eigenvalue weighted by Gasteiger charge is -2.18. The third-order valence-electron chi connectivity index (χ3n) is 4.38. The van der Waals surface area contributed by atoms with Crippen molar-refractivity contribution in [1.82, 2.24) is 15.6 Å². The summed E-state index contributed by atoms with van der Waals surface area (Å²) >= 11 is 0. The number of pyridine rings is 1. The van der Waals surface area contributed by atoms with Gasteiger partial charge in [0.2, 0.25) is 0 Å². The predicted octanol–water partition coefficient (Wildman–Crippen LogP) is 2.08. The lowest BCUT2D eigenvalue weighted by Crippen LogP contribution is -2.43. The number of benzene rings is 1. The Bertz CT molecular complexity index is 666. The molecule has 1 saturated heterocycles. The van der Waals surface area contributed by atoms with Crippen LogP contribution in [0.2, 0.25) is 0 Å². The van der Waals surface area contributed by atoms with Crippen molar-refractivity contribution in [2.24, 2.45) is 0 Å². The predicted molar refractivity (Wildman–Crippen MR) is 97.4 cm³/mol. The first-order chi connectivity index (χ1) is 12.2. The van der Waals surface area contributed by atoms with Gasteiger partial charge in [-0.3, -0.25) is 0 Å². The Morgan fingerprint density at radius 3 is 2.80 bits per heavy atom. The number of aliphatic hydroxyl groups is 1. The zero-order valence-corrected chi connectivity index (χ0v) is 14.1. The van der Waals surface area contributed by atoms with Gasteiger partial charge in [-0.15, -0.1) is 0 Å². The third-order valence-corrected chi connectivity index (χ3v) is 4.38. The number of hydrogen-bond acceptors (Lipinski definition) is 4. The maximum atomic E-state index is 12.0. The summed E-state index contributed by atoms with van der Waals surface area (Å²) in [6.07, 6.45) is 2.60. The Labute approximate surface area is 147 Å². The summed E-state index contributed by atoms with van der Waals surface area (Å²) in [5.74, 6) is 0.943. The Kier molecular flexibility index (Phi) is 5.85. The van der Waals surface area contributed by atoms with Crippen LogP contribution in [0.25, 0.3) is 0 Å². The Hall–Kier alpha value is -2.60. The van der Waals surface area contributed by atoms with E-state index >= 15 is 0 Å². The maximum absolute atomic E-state index is 12.0. The van der Waals surface area contributed by atoms with Crippen molar-refractivity contribution in [2.75, 3.05) is 24.5 Å². The summed E-state index contributed by atoms with van der Waals surface area (Å²) in [4.78, 5) is 18.5. The molecule has 1 fully saturated rings. The first-order valence-corrected chi connectivity index (χ1v) is 8.66.